The summed E-state index contributed by atoms with van der Waals surface area (Å²) in [5.41, 5.74) is 2.99. The van der Waals surface area contributed by atoms with Crippen LogP contribution in [0.15, 0.2) is 0 Å². The van der Waals surface area contributed by atoms with Crippen LogP contribution in [0.1, 0.15) is 60.8 Å². The maximum atomic E-state index is 12.5. The summed E-state index contributed by atoms with van der Waals surface area (Å²) >= 11 is 0. The predicted octanol–water partition coefficient (Wildman–Crippen LogP) is 1.93. The van der Waals surface area contributed by atoms with Crippen LogP contribution in [0.4, 0.5) is 0 Å². The van der Waals surface area contributed by atoms with E-state index in [1.54, 1.807) is 4.90 Å². The SMILES string of the molecule is CCC(C(=O)NN(C(C)C)C(C)C)N1C(=O)CCC1C. The fourth-order valence-corrected chi connectivity index (χ4v) is 2.89. The summed E-state index contributed by atoms with van der Waals surface area (Å²) in [5, 5.41) is 1.94. The van der Waals surface area contributed by atoms with Crippen LogP contribution in [0, 0.1) is 0 Å². The second-order valence-electron chi connectivity index (χ2n) is 6.18. The van der Waals surface area contributed by atoms with Crippen LogP contribution in [0.3, 0.4) is 0 Å². The summed E-state index contributed by atoms with van der Waals surface area (Å²) in [7, 11) is 0. The van der Waals surface area contributed by atoms with E-state index in [1.165, 1.54) is 0 Å². The number of carbonyl (C=O) groups excluding carboxylic acids is 2. The first-order valence-electron chi connectivity index (χ1n) is 7.69. The molecule has 116 valence electrons. The first kappa shape index (κ1) is 17.0. The summed E-state index contributed by atoms with van der Waals surface area (Å²) < 4.78 is 0. The highest BCUT2D eigenvalue weighted by molar-refractivity contribution is 5.88. The molecule has 2 unspecified atom stereocenters. The predicted molar refractivity (Wildman–Crippen MR) is 79.9 cm³/mol. The Morgan fingerprint density at radius 3 is 2.25 bits per heavy atom. The number of carbonyl (C=O) groups is 2. The van der Waals surface area contributed by atoms with Crippen LogP contribution in [-0.2, 0) is 9.59 Å². The second-order valence-corrected chi connectivity index (χ2v) is 6.18. The van der Waals surface area contributed by atoms with Gasteiger partial charge in [-0.25, -0.2) is 5.01 Å². The highest BCUT2D eigenvalue weighted by Gasteiger charge is 2.37. The van der Waals surface area contributed by atoms with Gasteiger partial charge < -0.3 is 4.90 Å². The van der Waals surface area contributed by atoms with Gasteiger partial charge in [0.2, 0.25) is 5.91 Å². The smallest absolute Gasteiger partial charge is 0.257 e. The summed E-state index contributed by atoms with van der Waals surface area (Å²) in [6.07, 6.45) is 2.05. The molecule has 0 spiro atoms. The van der Waals surface area contributed by atoms with Crippen LogP contribution in [-0.4, -0.2) is 45.9 Å². The molecule has 2 amide bonds. The molecule has 0 aliphatic carbocycles. The highest BCUT2D eigenvalue weighted by atomic mass is 16.2. The molecular weight excluding hydrogens is 254 g/mol. The molecule has 1 heterocycles. The number of hydrogen-bond acceptors (Lipinski definition) is 3. The number of nitrogens with one attached hydrogen (secondary N) is 1. The van der Waals surface area contributed by atoms with Crippen molar-refractivity contribution in [3.8, 4) is 0 Å². The zero-order chi connectivity index (χ0) is 15.4. The van der Waals surface area contributed by atoms with E-state index in [4.69, 9.17) is 0 Å². The summed E-state index contributed by atoms with van der Waals surface area (Å²) in [4.78, 5) is 26.3. The standard InChI is InChI=1S/C15H29N3O2/c1-7-13(17-12(6)8-9-14(17)19)15(20)16-18(10(2)3)11(4)5/h10-13H,7-9H2,1-6H3,(H,16,20). The molecular formula is C15H29N3O2. The van der Waals surface area contributed by atoms with Crippen molar-refractivity contribution >= 4 is 11.8 Å². The van der Waals surface area contributed by atoms with Crippen LogP contribution >= 0.6 is 0 Å². The molecule has 5 heteroatoms. The zero-order valence-electron chi connectivity index (χ0n) is 13.6. The van der Waals surface area contributed by atoms with E-state index in [1.807, 2.05) is 46.6 Å². The lowest BCUT2D eigenvalue weighted by atomic mass is 10.1. The maximum absolute atomic E-state index is 12.5. The Labute approximate surface area is 122 Å². The average Bonchev–Trinajstić information content (AvgIpc) is 2.68. The quantitative estimate of drug-likeness (QED) is 0.758. The first-order valence-corrected chi connectivity index (χ1v) is 7.69. The minimum Gasteiger partial charge on any atom is -0.328 e. The van der Waals surface area contributed by atoms with E-state index in [-0.39, 0.29) is 36.0 Å². The average molecular weight is 283 g/mol. The van der Waals surface area contributed by atoms with Crippen molar-refractivity contribution in [2.75, 3.05) is 0 Å². The number of hydrazine groups is 1. The van der Waals surface area contributed by atoms with Crippen molar-refractivity contribution in [2.45, 2.75) is 85.0 Å². The molecule has 0 bridgehead atoms. The molecule has 5 nitrogen and oxygen atoms in total. The monoisotopic (exact) mass is 283 g/mol. The Hall–Kier alpha value is -1.10. The summed E-state index contributed by atoms with van der Waals surface area (Å²) in [6.45, 7) is 12.2. The Balaban J connectivity index is 2.79. The van der Waals surface area contributed by atoms with E-state index in [2.05, 4.69) is 5.43 Å². The lowest BCUT2D eigenvalue weighted by molar-refractivity contribution is -0.142. The van der Waals surface area contributed by atoms with E-state index >= 15 is 0 Å². The van der Waals surface area contributed by atoms with Gasteiger partial charge in [-0.1, -0.05) is 6.92 Å². The number of hydrogen-bond donors (Lipinski definition) is 1. The molecule has 0 saturated carbocycles. The Morgan fingerprint density at radius 1 is 1.35 bits per heavy atom. The van der Waals surface area contributed by atoms with Gasteiger partial charge in [-0.2, -0.15) is 0 Å². The minimum atomic E-state index is -0.361. The van der Waals surface area contributed by atoms with E-state index < -0.39 is 0 Å². The van der Waals surface area contributed by atoms with Crippen LogP contribution in [0.5, 0.6) is 0 Å². The van der Waals surface area contributed by atoms with Gasteiger partial charge in [-0.05, 0) is 47.5 Å². The molecule has 0 radical (unpaired) electrons. The second kappa shape index (κ2) is 7.07. The van der Waals surface area contributed by atoms with Gasteiger partial charge in [-0.3, -0.25) is 15.0 Å². The molecule has 0 aromatic carbocycles. The molecule has 2 atom stereocenters. The fraction of sp³-hybridized carbons (Fsp3) is 0.867. The van der Waals surface area contributed by atoms with Crippen LogP contribution in [0.2, 0.25) is 0 Å². The third-order valence-electron chi connectivity index (χ3n) is 3.92. The van der Waals surface area contributed by atoms with E-state index in [0.717, 1.165) is 6.42 Å². The first-order chi connectivity index (χ1) is 9.29. The number of nitrogens with zero attached hydrogens (tertiary/aromatic N) is 2. The molecule has 1 aliphatic heterocycles. The minimum absolute atomic E-state index is 0.0722. The molecule has 0 aromatic rings. The molecule has 1 N–H and O–H groups in total. The Bertz CT molecular complexity index is 347. The number of likely N-dealkylation sites (tertiary alicyclic amines) is 1. The molecule has 1 fully saturated rings. The van der Waals surface area contributed by atoms with Gasteiger partial charge in [0.25, 0.3) is 5.91 Å². The van der Waals surface area contributed by atoms with Crippen molar-refractivity contribution in [1.82, 2.24) is 15.3 Å². The van der Waals surface area contributed by atoms with Crippen molar-refractivity contribution in [1.29, 1.82) is 0 Å². The number of rotatable bonds is 6. The van der Waals surface area contributed by atoms with Gasteiger partial charge in [-0.15, -0.1) is 0 Å². The van der Waals surface area contributed by atoms with Gasteiger partial charge in [0, 0.05) is 24.5 Å². The maximum Gasteiger partial charge on any atom is 0.257 e. The zero-order valence-corrected chi connectivity index (χ0v) is 13.6. The number of amides is 2. The Morgan fingerprint density at radius 2 is 1.90 bits per heavy atom. The lowest BCUT2D eigenvalue weighted by Gasteiger charge is -2.35. The van der Waals surface area contributed by atoms with Crippen molar-refractivity contribution in [3.63, 3.8) is 0 Å². The van der Waals surface area contributed by atoms with Crippen molar-refractivity contribution < 1.29 is 9.59 Å². The Kier molecular flexibility index (Phi) is 5.99. The van der Waals surface area contributed by atoms with Gasteiger partial charge in [0.15, 0.2) is 0 Å². The molecule has 1 saturated heterocycles. The normalized spacial score (nSPS) is 21.1. The van der Waals surface area contributed by atoms with E-state index in [0.29, 0.717) is 12.8 Å². The third kappa shape index (κ3) is 3.72. The van der Waals surface area contributed by atoms with Gasteiger partial charge in [0.1, 0.15) is 6.04 Å². The van der Waals surface area contributed by atoms with E-state index in [9.17, 15) is 9.59 Å². The molecule has 1 aliphatic rings. The lowest BCUT2D eigenvalue weighted by Crippen LogP contribution is -2.57. The van der Waals surface area contributed by atoms with Crippen LogP contribution in [0.25, 0.3) is 0 Å². The van der Waals surface area contributed by atoms with Crippen LogP contribution < -0.4 is 5.43 Å². The topological polar surface area (TPSA) is 52.7 Å². The fourth-order valence-electron chi connectivity index (χ4n) is 2.89. The summed E-state index contributed by atoms with van der Waals surface area (Å²) in [6, 6.07) is 0.246. The van der Waals surface area contributed by atoms with Gasteiger partial charge in [0.05, 0.1) is 0 Å². The molecule has 1 rings (SSSR count). The van der Waals surface area contributed by atoms with Gasteiger partial charge >= 0.3 is 0 Å². The molecule has 20 heavy (non-hydrogen) atoms. The largest absolute Gasteiger partial charge is 0.328 e. The highest BCUT2D eigenvalue weighted by Crippen LogP contribution is 2.22. The third-order valence-corrected chi connectivity index (χ3v) is 3.92. The summed E-state index contributed by atoms with van der Waals surface area (Å²) in [5.74, 6) is 0.0251. The van der Waals surface area contributed by atoms with Crippen molar-refractivity contribution in [3.05, 3.63) is 0 Å². The molecule has 0 aromatic heterocycles. The van der Waals surface area contributed by atoms with Crippen molar-refractivity contribution in [2.24, 2.45) is 0 Å².